The summed E-state index contributed by atoms with van der Waals surface area (Å²) in [5, 5.41) is 6.36. The van der Waals surface area contributed by atoms with Gasteiger partial charge in [-0.2, -0.15) is 0 Å². The van der Waals surface area contributed by atoms with Gasteiger partial charge in [0.05, 0.1) is 19.4 Å². The predicted octanol–water partition coefficient (Wildman–Crippen LogP) is 7.54. The number of carbonyl (C=O) groups excluding carboxylic acids is 1. The standard InChI is InChI=1S/C31H27NO3/c1-20(16-31(33)32-21(2)22-10-5-4-6-11-22)26-17-27-28(19-35-30(27)18-29(26)34-3)25-15-9-13-23-12-7-8-14-24(23)25/h4-19,21H,1-3H3,(H,32,33)/b20-16+. The highest BCUT2D eigenvalue weighted by molar-refractivity contribution is 6.06. The van der Waals surface area contributed by atoms with E-state index >= 15 is 0 Å². The second kappa shape index (κ2) is 9.51. The van der Waals surface area contributed by atoms with Crippen LogP contribution in [0.15, 0.2) is 102 Å². The Balaban J connectivity index is 1.53. The lowest BCUT2D eigenvalue weighted by atomic mass is 9.96. The van der Waals surface area contributed by atoms with Gasteiger partial charge in [0.15, 0.2) is 0 Å². The second-order valence-corrected chi connectivity index (χ2v) is 8.69. The van der Waals surface area contributed by atoms with Crippen LogP contribution in [0.1, 0.15) is 31.0 Å². The molecule has 1 amide bonds. The fourth-order valence-electron chi connectivity index (χ4n) is 4.56. The van der Waals surface area contributed by atoms with Crippen molar-refractivity contribution in [3.05, 3.63) is 108 Å². The van der Waals surface area contributed by atoms with Crippen LogP contribution in [-0.4, -0.2) is 13.0 Å². The van der Waals surface area contributed by atoms with Crippen molar-refractivity contribution >= 4 is 33.2 Å². The molecule has 0 radical (unpaired) electrons. The highest BCUT2D eigenvalue weighted by Gasteiger charge is 2.16. The number of rotatable bonds is 6. The number of nitrogens with one attached hydrogen (secondary N) is 1. The van der Waals surface area contributed by atoms with Gasteiger partial charge in [0.2, 0.25) is 5.91 Å². The van der Waals surface area contributed by atoms with Crippen LogP contribution in [0.5, 0.6) is 5.75 Å². The van der Waals surface area contributed by atoms with Gasteiger partial charge in [-0.1, -0.05) is 72.8 Å². The Morgan fingerprint density at radius 1 is 0.914 bits per heavy atom. The highest BCUT2D eigenvalue weighted by atomic mass is 16.5. The average Bonchev–Trinajstić information content (AvgIpc) is 3.30. The summed E-state index contributed by atoms with van der Waals surface area (Å²) in [7, 11) is 1.63. The maximum Gasteiger partial charge on any atom is 0.244 e. The lowest BCUT2D eigenvalue weighted by Gasteiger charge is -2.14. The Morgan fingerprint density at radius 2 is 1.66 bits per heavy atom. The number of hydrogen-bond donors (Lipinski definition) is 1. The number of ether oxygens (including phenoxy) is 1. The van der Waals surface area contributed by atoms with Crippen LogP contribution in [0.25, 0.3) is 38.4 Å². The molecule has 174 valence electrons. The molecular formula is C31H27NO3. The van der Waals surface area contributed by atoms with Gasteiger partial charge in [0.25, 0.3) is 0 Å². The molecule has 0 aliphatic carbocycles. The van der Waals surface area contributed by atoms with Gasteiger partial charge >= 0.3 is 0 Å². The maximum atomic E-state index is 12.8. The number of fused-ring (bicyclic) bond motifs is 2. The topological polar surface area (TPSA) is 51.5 Å². The van der Waals surface area contributed by atoms with Crippen molar-refractivity contribution in [2.45, 2.75) is 19.9 Å². The maximum absolute atomic E-state index is 12.8. The largest absolute Gasteiger partial charge is 0.496 e. The first-order valence-corrected chi connectivity index (χ1v) is 11.7. The quantitative estimate of drug-likeness (QED) is 0.266. The summed E-state index contributed by atoms with van der Waals surface area (Å²) in [5.74, 6) is 0.511. The number of furan rings is 1. The number of hydrogen-bond acceptors (Lipinski definition) is 3. The van der Waals surface area contributed by atoms with Crippen molar-refractivity contribution in [3.8, 4) is 16.9 Å². The molecule has 0 saturated carbocycles. The minimum absolute atomic E-state index is 0.0936. The number of methoxy groups -OCH3 is 1. The Hall–Kier alpha value is -4.31. The zero-order valence-electron chi connectivity index (χ0n) is 20.0. The predicted molar refractivity (Wildman–Crippen MR) is 142 cm³/mol. The molecule has 4 nitrogen and oxygen atoms in total. The fourth-order valence-corrected chi connectivity index (χ4v) is 4.56. The van der Waals surface area contributed by atoms with Crippen molar-refractivity contribution in [1.82, 2.24) is 5.32 Å². The van der Waals surface area contributed by atoms with Gasteiger partial charge in [0.1, 0.15) is 11.3 Å². The summed E-state index contributed by atoms with van der Waals surface area (Å²) in [4.78, 5) is 12.8. The van der Waals surface area contributed by atoms with Crippen molar-refractivity contribution in [2.75, 3.05) is 7.11 Å². The van der Waals surface area contributed by atoms with E-state index in [1.165, 1.54) is 5.39 Å². The van der Waals surface area contributed by atoms with Crippen LogP contribution in [-0.2, 0) is 4.79 Å². The molecule has 0 saturated heterocycles. The molecule has 0 bridgehead atoms. The van der Waals surface area contributed by atoms with Crippen LogP contribution in [0, 0.1) is 0 Å². The third-order valence-corrected chi connectivity index (χ3v) is 6.41. The number of amides is 1. The second-order valence-electron chi connectivity index (χ2n) is 8.69. The van der Waals surface area contributed by atoms with Gasteiger partial charge in [-0.3, -0.25) is 4.79 Å². The fraction of sp³-hybridized carbons (Fsp3) is 0.129. The molecule has 35 heavy (non-hydrogen) atoms. The summed E-state index contributed by atoms with van der Waals surface area (Å²) >= 11 is 0. The van der Waals surface area contributed by atoms with Gasteiger partial charge < -0.3 is 14.5 Å². The van der Waals surface area contributed by atoms with Gasteiger partial charge in [-0.05, 0) is 47.4 Å². The lowest BCUT2D eigenvalue weighted by molar-refractivity contribution is -0.117. The van der Waals surface area contributed by atoms with Crippen molar-refractivity contribution in [1.29, 1.82) is 0 Å². The monoisotopic (exact) mass is 461 g/mol. The summed E-state index contributed by atoms with van der Waals surface area (Å²) in [6.45, 7) is 3.90. The van der Waals surface area contributed by atoms with E-state index in [1.54, 1.807) is 19.4 Å². The van der Waals surface area contributed by atoms with Crippen molar-refractivity contribution < 1.29 is 13.9 Å². The molecule has 1 heterocycles. The van der Waals surface area contributed by atoms with E-state index in [1.807, 2.05) is 62.4 Å². The molecule has 5 aromatic rings. The zero-order valence-corrected chi connectivity index (χ0v) is 20.0. The smallest absolute Gasteiger partial charge is 0.244 e. The van der Waals surface area contributed by atoms with E-state index in [0.717, 1.165) is 44.2 Å². The summed E-state index contributed by atoms with van der Waals surface area (Å²) in [5.41, 5.74) is 5.58. The molecule has 0 aliphatic rings. The summed E-state index contributed by atoms with van der Waals surface area (Å²) < 4.78 is 11.6. The first kappa shape index (κ1) is 22.5. The molecule has 4 aromatic carbocycles. The lowest BCUT2D eigenvalue weighted by Crippen LogP contribution is -2.24. The summed E-state index contributed by atoms with van der Waals surface area (Å²) in [6.07, 6.45) is 3.42. The molecule has 1 atom stereocenters. The Labute approximate surface area is 204 Å². The SMILES string of the molecule is COc1cc2occ(-c3cccc4ccccc34)c2cc1/C(C)=C/C(=O)NC(C)c1ccccc1. The molecule has 5 rings (SSSR count). The van der Waals surface area contributed by atoms with Crippen molar-refractivity contribution in [3.63, 3.8) is 0 Å². The minimum atomic E-state index is -0.150. The van der Waals surface area contributed by atoms with Crippen LogP contribution >= 0.6 is 0 Å². The molecule has 0 aliphatic heterocycles. The van der Waals surface area contributed by atoms with E-state index in [2.05, 4.69) is 41.7 Å². The molecular weight excluding hydrogens is 434 g/mol. The Morgan fingerprint density at radius 3 is 2.46 bits per heavy atom. The van der Waals surface area contributed by atoms with E-state index in [9.17, 15) is 4.79 Å². The van der Waals surface area contributed by atoms with Crippen LogP contribution in [0.3, 0.4) is 0 Å². The average molecular weight is 462 g/mol. The summed E-state index contributed by atoms with van der Waals surface area (Å²) in [6, 6.07) is 28.4. The Kier molecular flexibility index (Phi) is 6.11. The number of carbonyl (C=O) groups is 1. The number of allylic oxidation sites excluding steroid dienone is 1. The van der Waals surface area contributed by atoms with Gasteiger partial charge in [-0.15, -0.1) is 0 Å². The minimum Gasteiger partial charge on any atom is -0.496 e. The van der Waals surface area contributed by atoms with Crippen LogP contribution < -0.4 is 10.1 Å². The normalized spacial score (nSPS) is 12.6. The molecule has 0 fully saturated rings. The molecule has 4 heteroatoms. The van der Waals surface area contributed by atoms with E-state index in [-0.39, 0.29) is 11.9 Å². The van der Waals surface area contributed by atoms with Crippen molar-refractivity contribution in [2.24, 2.45) is 0 Å². The van der Waals surface area contributed by atoms with Gasteiger partial charge in [-0.25, -0.2) is 0 Å². The van der Waals surface area contributed by atoms with E-state index in [4.69, 9.17) is 9.15 Å². The first-order chi connectivity index (χ1) is 17.0. The first-order valence-electron chi connectivity index (χ1n) is 11.7. The van der Waals surface area contributed by atoms with Crippen LogP contribution in [0.4, 0.5) is 0 Å². The number of benzene rings is 4. The molecule has 1 aromatic heterocycles. The van der Waals surface area contributed by atoms with E-state index in [0.29, 0.717) is 5.75 Å². The molecule has 1 N–H and O–H groups in total. The third-order valence-electron chi connectivity index (χ3n) is 6.41. The molecule has 1 unspecified atom stereocenters. The molecule has 0 spiro atoms. The van der Waals surface area contributed by atoms with Crippen LogP contribution in [0.2, 0.25) is 0 Å². The van der Waals surface area contributed by atoms with E-state index < -0.39 is 0 Å². The van der Waals surface area contributed by atoms with Gasteiger partial charge in [0, 0.05) is 28.7 Å². The Bertz CT molecular complexity index is 1540. The highest BCUT2D eigenvalue weighted by Crippen LogP contribution is 2.39. The third kappa shape index (κ3) is 4.43. The zero-order chi connectivity index (χ0) is 24.4.